The van der Waals surface area contributed by atoms with Gasteiger partial charge in [-0.3, -0.25) is 4.98 Å². The van der Waals surface area contributed by atoms with Crippen LogP contribution < -0.4 is 9.46 Å². The molecule has 0 spiro atoms. The number of benzene rings is 2. The maximum Gasteiger partial charge on any atom is 0.243 e. The molecule has 0 fully saturated rings. The zero-order valence-electron chi connectivity index (χ0n) is 16.9. The van der Waals surface area contributed by atoms with Crippen molar-refractivity contribution < 1.29 is 13.2 Å². The molecule has 2 heterocycles. The first-order valence-electron chi connectivity index (χ1n) is 9.46. The molecule has 0 aliphatic rings. The Morgan fingerprint density at radius 1 is 1.07 bits per heavy atom. The second-order valence-electron chi connectivity index (χ2n) is 6.97. The number of pyridine rings is 1. The van der Waals surface area contributed by atoms with E-state index in [0.717, 1.165) is 28.1 Å². The predicted molar refractivity (Wildman–Crippen MR) is 115 cm³/mol. The van der Waals surface area contributed by atoms with Crippen molar-refractivity contribution in [3.63, 3.8) is 0 Å². The number of hydrogen-bond donors (Lipinski definition) is 1. The number of fused-ring (bicyclic) bond motifs is 1. The summed E-state index contributed by atoms with van der Waals surface area (Å²) in [5.41, 5.74) is 2.97. The van der Waals surface area contributed by atoms with Crippen LogP contribution in [-0.4, -0.2) is 30.3 Å². The Kier molecular flexibility index (Phi) is 5.27. The largest absolute Gasteiger partial charge is 0.497 e. The lowest BCUT2D eigenvalue weighted by molar-refractivity contribution is 0.414. The maximum absolute atomic E-state index is 13.1. The number of hydrogen-bond acceptors (Lipinski definition) is 5. The quantitative estimate of drug-likeness (QED) is 0.511. The van der Waals surface area contributed by atoms with E-state index in [0.29, 0.717) is 5.52 Å². The summed E-state index contributed by atoms with van der Waals surface area (Å²) in [6.45, 7) is 3.72. The highest BCUT2D eigenvalue weighted by Gasteiger charge is 2.23. The third-order valence-electron chi connectivity index (χ3n) is 5.05. The summed E-state index contributed by atoms with van der Waals surface area (Å²) in [5, 5.41) is 5.22. The van der Waals surface area contributed by atoms with Gasteiger partial charge in [0, 0.05) is 28.9 Å². The van der Waals surface area contributed by atoms with Gasteiger partial charge < -0.3 is 4.74 Å². The SMILES string of the molecule is COc1ccc(-n2ncc(C(C)NS(=O)(=O)c3cccc4cccnc34)c2C)cc1. The fraction of sp³-hybridized carbons (Fsp3) is 0.182. The van der Waals surface area contributed by atoms with Crippen LogP contribution in [0, 0.1) is 6.92 Å². The Morgan fingerprint density at radius 3 is 2.53 bits per heavy atom. The average Bonchev–Trinajstić information content (AvgIpc) is 3.14. The van der Waals surface area contributed by atoms with Gasteiger partial charge in [0.1, 0.15) is 10.6 Å². The fourth-order valence-corrected chi connectivity index (χ4v) is 4.89. The van der Waals surface area contributed by atoms with Crippen LogP contribution in [0.25, 0.3) is 16.6 Å². The summed E-state index contributed by atoms with van der Waals surface area (Å²) in [5.74, 6) is 0.758. The van der Waals surface area contributed by atoms with Gasteiger partial charge in [0.25, 0.3) is 0 Å². The molecule has 0 saturated heterocycles. The van der Waals surface area contributed by atoms with Gasteiger partial charge in [-0.1, -0.05) is 18.2 Å². The van der Waals surface area contributed by atoms with Gasteiger partial charge >= 0.3 is 0 Å². The first-order valence-corrected chi connectivity index (χ1v) is 10.9. The number of rotatable bonds is 6. The van der Waals surface area contributed by atoms with E-state index < -0.39 is 16.1 Å². The number of para-hydroxylation sites is 1. The van der Waals surface area contributed by atoms with Crippen LogP contribution >= 0.6 is 0 Å². The van der Waals surface area contributed by atoms with Gasteiger partial charge in [0.05, 0.1) is 24.5 Å². The van der Waals surface area contributed by atoms with E-state index in [9.17, 15) is 8.42 Å². The summed E-state index contributed by atoms with van der Waals surface area (Å²) in [4.78, 5) is 4.42. The van der Waals surface area contributed by atoms with Gasteiger partial charge in [-0.05, 0) is 50.2 Å². The highest BCUT2D eigenvalue weighted by Crippen LogP contribution is 2.25. The van der Waals surface area contributed by atoms with Crippen LogP contribution in [0.1, 0.15) is 24.2 Å². The lowest BCUT2D eigenvalue weighted by atomic mass is 10.1. The van der Waals surface area contributed by atoms with Gasteiger partial charge in [0.2, 0.25) is 10.0 Å². The molecule has 1 unspecified atom stereocenters. The third kappa shape index (κ3) is 3.67. The smallest absolute Gasteiger partial charge is 0.243 e. The maximum atomic E-state index is 13.1. The molecule has 0 aliphatic carbocycles. The van der Waals surface area contributed by atoms with Crippen LogP contribution in [0.4, 0.5) is 0 Å². The molecule has 1 atom stereocenters. The average molecular weight is 423 g/mol. The number of sulfonamides is 1. The summed E-state index contributed by atoms with van der Waals surface area (Å²) >= 11 is 0. The Balaban J connectivity index is 1.63. The van der Waals surface area contributed by atoms with E-state index in [-0.39, 0.29) is 4.90 Å². The van der Waals surface area contributed by atoms with Crippen molar-refractivity contribution in [3.8, 4) is 11.4 Å². The van der Waals surface area contributed by atoms with Crippen molar-refractivity contribution in [1.29, 1.82) is 0 Å². The topological polar surface area (TPSA) is 86.1 Å². The normalized spacial score (nSPS) is 12.8. The molecule has 8 heteroatoms. The second-order valence-corrected chi connectivity index (χ2v) is 8.65. The number of nitrogens with one attached hydrogen (secondary N) is 1. The number of ether oxygens (including phenoxy) is 1. The molecule has 4 aromatic rings. The minimum atomic E-state index is -3.78. The Morgan fingerprint density at radius 2 is 1.80 bits per heavy atom. The van der Waals surface area contributed by atoms with Crippen molar-refractivity contribution >= 4 is 20.9 Å². The van der Waals surface area contributed by atoms with E-state index in [1.807, 2.05) is 43.3 Å². The summed E-state index contributed by atoms with van der Waals surface area (Å²) in [6.07, 6.45) is 3.28. The highest BCUT2D eigenvalue weighted by molar-refractivity contribution is 7.89. The summed E-state index contributed by atoms with van der Waals surface area (Å²) in [7, 11) is -2.16. The molecule has 0 aliphatic heterocycles. The molecule has 4 rings (SSSR count). The van der Waals surface area contributed by atoms with Crippen molar-refractivity contribution in [2.45, 2.75) is 24.8 Å². The molecule has 0 saturated carbocycles. The molecule has 0 radical (unpaired) electrons. The highest BCUT2D eigenvalue weighted by atomic mass is 32.2. The predicted octanol–water partition coefficient (Wildman–Crippen LogP) is 3.78. The molecule has 0 amide bonds. The Bertz CT molecular complexity index is 1290. The number of methoxy groups -OCH3 is 1. The van der Waals surface area contributed by atoms with Gasteiger partial charge in [-0.25, -0.2) is 17.8 Å². The Hall–Kier alpha value is -3.23. The zero-order valence-corrected chi connectivity index (χ0v) is 17.7. The van der Waals surface area contributed by atoms with Crippen LogP contribution in [0.15, 0.2) is 71.9 Å². The number of aromatic nitrogens is 3. The standard InChI is InChI=1S/C22H22N4O3S/c1-15(20-14-24-26(16(20)2)18-9-11-19(29-3)12-10-18)25-30(27,28)21-8-4-6-17-7-5-13-23-22(17)21/h4-15,25H,1-3H3. The molecule has 7 nitrogen and oxygen atoms in total. The molecule has 30 heavy (non-hydrogen) atoms. The first-order chi connectivity index (χ1) is 14.4. The van der Waals surface area contributed by atoms with Crippen molar-refractivity contribution in [1.82, 2.24) is 19.5 Å². The van der Waals surface area contributed by atoms with E-state index in [2.05, 4.69) is 14.8 Å². The van der Waals surface area contributed by atoms with E-state index in [1.54, 1.807) is 49.3 Å². The van der Waals surface area contributed by atoms with Crippen molar-refractivity contribution in [2.75, 3.05) is 7.11 Å². The minimum absolute atomic E-state index is 0.160. The molecule has 1 N–H and O–H groups in total. The molecule has 0 bridgehead atoms. The summed E-state index contributed by atoms with van der Waals surface area (Å²) in [6, 6.07) is 15.8. The number of nitrogens with zero attached hydrogens (tertiary/aromatic N) is 3. The minimum Gasteiger partial charge on any atom is -0.497 e. The van der Waals surface area contributed by atoms with Gasteiger partial charge in [0.15, 0.2) is 0 Å². The second kappa shape index (κ2) is 7.89. The van der Waals surface area contributed by atoms with E-state index in [4.69, 9.17) is 4.74 Å². The van der Waals surface area contributed by atoms with Gasteiger partial charge in [-0.15, -0.1) is 0 Å². The van der Waals surface area contributed by atoms with Crippen LogP contribution in [-0.2, 0) is 10.0 Å². The van der Waals surface area contributed by atoms with Gasteiger partial charge in [-0.2, -0.15) is 5.10 Å². The lowest BCUT2D eigenvalue weighted by Gasteiger charge is -2.15. The molecule has 154 valence electrons. The summed E-state index contributed by atoms with van der Waals surface area (Å²) < 4.78 is 35.9. The van der Waals surface area contributed by atoms with Crippen molar-refractivity contribution in [3.05, 3.63) is 78.2 Å². The molecular formula is C22H22N4O3S. The first kappa shape index (κ1) is 20.1. The zero-order chi connectivity index (χ0) is 21.3. The van der Waals surface area contributed by atoms with Crippen molar-refractivity contribution in [2.24, 2.45) is 0 Å². The van der Waals surface area contributed by atoms with Crippen LogP contribution in [0.5, 0.6) is 5.75 Å². The third-order valence-corrected chi connectivity index (χ3v) is 6.62. The van der Waals surface area contributed by atoms with Crippen LogP contribution in [0.2, 0.25) is 0 Å². The van der Waals surface area contributed by atoms with E-state index in [1.165, 1.54) is 0 Å². The molecule has 2 aromatic heterocycles. The Labute approximate surface area is 175 Å². The fourth-order valence-electron chi connectivity index (χ4n) is 3.48. The van der Waals surface area contributed by atoms with Crippen LogP contribution in [0.3, 0.4) is 0 Å². The van der Waals surface area contributed by atoms with E-state index >= 15 is 0 Å². The molecular weight excluding hydrogens is 400 g/mol. The molecule has 2 aromatic carbocycles. The monoisotopic (exact) mass is 422 g/mol. The lowest BCUT2D eigenvalue weighted by Crippen LogP contribution is -2.27.